The lowest BCUT2D eigenvalue weighted by atomic mass is 10.0. The Balaban J connectivity index is 0.000000359. The minimum Gasteiger partial charge on any atom is -0.482 e. The van der Waals surface area contributed by atoms with Gasteiger partial charge in [0.1, 0.15) is 11.9 Å². The van der Waals surface area contributed by atoms with E-state index in [-0.39, 0.29) is 17.7 Å². The van der Waals surface area contributed by atoms with Crippen molar-refractivity contribution in [2.45, 2.75) is 44.1 Å². The van der Waals surface area contributed by atoms with Crippen LogP contribution in [0.3, 0.4) is 0 Å². The Morgan fingerprint density at radius 3 is 2.09 bits per heavy atom. The molecular formula is C27H24F7N3O5S. The summed E-state index contributed by atoms with van der Waals surface area (Å²) in [6.07, 6.45) is -5.42. The second-order valence-corrected chi connectivity index (χ2v) is 11.2. The minimum absolute atomic E-state index is 0.265. The molecule has 0 spiro atoms. The predicted octanol–water partition coefficient (Wildman–Crippen LogP) is 5.94. The Kier molecular flexibility index (Phi) is 10.0. The van der Waals surface area contributed by atoms with Crippen molar-refractivity contribution in [2.75, 3.05) is 16.7 Å². The number of aromatic nitrogens is 1. The van der Waals surface area contributed by atoms with Gasteiger partial charge in [0, 0.05) is 17.4 Å². The number of sulfonamides is 1. The minimum atomic E-state index is -5.77. The average molecular weight is 636 g/mol. The second kappa shape index (κ2) is 13.0. The Morgan fingerprint density at radius 2 is 1.53 bits per heavy atom. The van der Waals surface area contributed by atoms with Gasteiger partial charge in [-0.3, -0.25) is 14.3 Å². The number of hydrogen-bond donors (Lipinski definition) is 2. The Labute approximate surface area is 241 Å². The van der Waals surface area contributed by atoms with Crippen molar-refractivity contribution >= 4 is 33.1 Å². The van der Waals surface area contributed by atoms with Gasteiger partial charge in [0.25, 0.3) is 0 Å². The first kappa shape index (κ1) is 33.3. The number of aryl methyl sites for hydroxylation is 1. The number of nitrogens with one attached hydrogen (secondary N) is 1. The fourth-order valence-electron chi connectivity index (χ4n) is 4.08. The lowest BCUT2D eigenvalue weighted by Gasteiger charge is -2.21. The molecule has 0 saturated carbocycles. The van der Waals surface area contributed by atoms with E-state index in [0.29, 0.717) is 11.4 Å². The number of rotatable bonds is 6. The second-order valence-electron chi connectivity index (χ2n) is 9.41. The normalized spacial score (nSPS) is 15.3. The van der Waals surface area contributed by atoms with Crippen molar-refractivity contribution < 1.29 is 53.5 Å². The van der Waals surface area contributed by atoms with Gasteiger partial charge in [0.15, 0.2) is 11.6 Å². The highest BCUT2D eigenvalue weighted by Crippen LogP contribution is 2.36. The molecule has 0 radical (unpaired) electrons. The molecule has 0 amide bonds. The number of alkyl halides is 6. The van der Waals surface area contributed by atoms with Gasteiger partial charge < -0.3 is 10.5 Å². The molecular weight excluding hydrogens is 611 g/mol. The third-order valence-electron chi connectivity index (χ3n) is 6.01. The number of anilines is 2. The maximum Gasteiger partial charge on any atom is 0.458 e. The number of carbonyl (C=O) groups is 2. The zero-order valence-corrected chi connectivity index (χ0v) is 23.0. The molecule has 1 unspecified atom stereocenters. The predicted molar refractivity (Wildman–Crippen MR) is 142 cm³/mol. The topological polar surface area (TPSA) is 128 Å². The summed E-state index contributed by atoms with van der Waals surface area (Å²) >= 11 is 0. The smallest absolute Gasteiger partial charge is 0.458 e. The molecule has 3 N–H and O–H groups in total. The number of halogens is 7. The number of ketones is 2. The number of nitrogen functional groups attached to an aromatic ring is 1. The molecule has 0 aliphatic heterocycles. The average Bonchev–Trinajstić information content (AvgIpc) is 3.09. The lowest BCUT2D eigenvalue weighted by Crippen LogP contribution is -2.39. The molecule has 8 nitrogen and oxygen atoms in total. The number of Topliss-reactive ketones (excluding diaryl/α,β-unsaturated/α-hetero) is 2. The highest BCUT2D eigenvalue weighted by molar-refractivity contribution is 7.92. The van der Waals surface area contributed by atoms with E-state index in [4.69, 9.17) is 10.5 Å². The lowest BCUT2D eigenvalue weighted by molar-refractivity contribution is -0.193. The van der Waals surface area contributed by atoms with Crippen molar-refractivity contribution in [3.05, 3.63) is 71.7 Å². The SMILES string of the molecule is CS(=O)(=O)Nc1ccc(-c2cnc(N)c(OC3CCCCc4ccc(F)cc43)c2)cc1.O=C(C(=O)C(F)(F)F)C(F)(F)F. The van der Waals surface area contributed by atoms with Gasteiger partial charge in [0.05, 0.1) is 6.26 Å². The molecule has 1 aliphatic rings. The van der Waals surface area contributed by atoms with Gasteiger partial charge in [-0.1, -0.05) is 18.2 Å². The summed E-state index contributed by atoms with van der Waals surface area (Å²) in [5.74, 6) is -6.39. The van der Waals surface area contributed by atoms with Gasteiger partial charge in [-0.25, -0.2) is 17.8 Å². The maximum atomic E-state index is 13.9. The van der Waals surface area contributed by atoms with Crippen LogP contribution in [0.2, 0.25) is 0 Å². The third-order valence-corrected chi connectivity index (χ3v) is 6.62. The molecule has 0 saturated heterocycles. The van der Waals surface area contributed by atoms with E-state index in [1.165, 1.54) is 6.07 Å². The zero-order valence-electron chi connectivity index (χ0n) is 22.2. The van der Waals surface area contributed by atoms with Crippen LogP contribution in [0.4, 0.5) is 42.2 Å². The largest absolute Gasteiger partial charge is 0.482 e. The van der Waals surface area contributed by atoms with Crippen molar-refractivity contribution in [3.63, 3.8) is 0 Å². The number of carbonyl (C=O) groups excluding carboxylic acids is 2. The van der Waals surface area contributed by atoms with Crippen molar-refractivity contribution in [2.24, 2.45) is 0 Å². The summed E-state index contributed by atoms with van der Waals surface area (Å²) < 4.78 is 112. The van der Waals surface area contributed by atoms with Crippen LogP contribution >= 0.6 is 0 Å². The number of nitrogens with two attached hydrogens (primary N) is 1. The first-order valence-corrected chi connectivity index (χ1v) is 14.3. The third kappa shape index (κ3) is 9.39. The fraction of sp³-hybridized carbons (Fsp3) is 0.296. The highest BCUT2D eigenvalue weighted by atomic mass is 32.2. The van der Waals surface area contributed by atoms with Crippen molar-refractivity contribution in [1.29, 1.82) is 0 Å². The van der Waals surface area contributed by atoms with Crippen LogP contribution in [0, 0.1) is 5.82 Å². The molecule has 1 atom stereocenters. The molecule has 0 fully saturated rings. The molecule has 1 aliphatic carbocycles. The Hall–Kier alpha value is -4.21. The van der Waals surface area contributed by atoms with Crippen LogP contribution in [-0.2, 0) is 26.0 Å². The van der Waals surface area contributed by atoms with Gasteiger partial charge in [0.2, 0.25) is 10.0 Å². The molecule has 0 bridgehead atoms. The Bertz CT molecular complexity index is 1570. The van der Waals surface area contributed by atoms with Crippen LogP contribution < -0.4 is 15.2 Å². The van der Waals surface area contributed by atoms with Gasteiger partial charge in [-0.15, -0.1) is 0 Å². The summed E-state index contributed by atoms with van der Waals surface area (Å²) in [6.45, 7) is 0. The molecule has 2 aromatic carbocycles. The maximum absolute atomic E-state index is 13.9. The highest BCUT2D eigenvalue weighted by Gasteiger charge is 2.54. The fourth-order valence-corrected chi connectivity index (χ4v) is 4.64. The number of fused-ring (bicyclic) bond motifs is 1. The van der Waals surface area contributed by atoms with Crippen LogP contribution in [0.25, 0.3) is 11.1 Å². The van der Waals surface area contributed by atoms with E-state index in [1.807, 2.05) is 12.1 Å². The molecule has 3 aromatic rings. The van der Waals surface area contributed by atoms with Crippen molar-refractivity contribution in [1.82, 2.24) is 4.98 Å². The first-order chi connectivity index (χ1) is 19.8. The molecule has 1 heterocycles. The van der Waals surface area contributed by atoms with Crippen molar-refractivity contribution in [3.8, 4) is 16.9 Å². The van der Waals surface area contributed by atoms with Gasteiger partial charge in [-0.2, -0.15) is 26.3 Å². The van der Waals surface area contributed by atoms with Gasteiger partial charge in [-0.05, 0) is 72.7 Å². The molecule has 1 aromatic heterocycles. The first-order valence-electron chi connectivity index (χ1n) is 12.4. The van der Waals surface area contributed by atoms with E-state index in [1.54, 1.807) is 36.5 Å². The van der Waals surface area contributed by atoms with E-state index >= 15 is 0 Å². The van der Waals surface area contributed by atoms with Crippen LogP contribution in [-0.4, -0.2) is 43.6 Å². The number of pyridine rings is 1. The molecule has 232 valence electrons. The van der Waals surface area contributed by atoms with E-state index < -0.39 is 33.9 Å². The summed E-state index contributed by atoms with van der Waals surface area (Å²) in [4.78, 5) is 23.5. The number of nitrogens with zero attached hydrogens (tertiary/aromatic N) is 1. The number of benzene rings is 2. The number of hydrogen-bond acceptors (Lipinski definition) is 7. The zero-order chi connectivity index (χ0) is 32.2. The van der Waals surface area contributed by atoms with Crippen LogP contribution in [0.5, 0.6) is 5.75 Å². The van der Waals surface area contributed by atoms with Crippen LogP contribution in [0.15, 0.2) is 54.7 Å². The molecule has 16 heteroatoms. The standard InChI is InChI=1S/C23H24FN3O3S.C4F6O2/c1-31(28,29)27-19-10-7-15(8-11-19)17-12-22(23(25)26-14-17)30-21-5-3-2-4-16-6-9-18(24)13-20(16)21;5-3(6,7)1(11)2(12)4(8,9)10/h6-14,21,27H,2-5H2,1H3,(H2,25,26);. The Morgan fingerprint density at radius 1 is 0.930 bits per heavy atom. The summed E-state index contributed by atoms with van der Waals surface area (Å²) in [5, 5.41) is 0. The quantitative estimate of drug-likeness (QED) is 0.195. The summed E-state index contributed by atoms with van der Waals surface area (Å²) in [7, 11) is -3.34. The number of ether oxygens (including phenoxy) is 1. The van der Waals surface area contributed by atoms with E-state index in [0.717, 1.165) is 54.2 Å². The molecule has 43 heavy (non-hydrogen) atoms. The molecule has 4 rings (SSSR count). The van der Waals surface area contributed by atoms with Crippen LogP contribution in [0.1, 0.15) is 36.5 Å². The van der Waals surface area contributed by atoms with E-state index in [2.05, 4.69) is 9.71 Å². The summed E-state index contributed by atoms with van der Waals surface area (Å²) in [6, 6.07) is 13.6. The monoisotopic (exact) mass is 635 g/mol. The van der Waals surface area contributed by atoms with E-state index in [9.17, 15) is 48.7 Å². The summed E-state index contributed by atoms with van der Waals surface area (Å²) in [5.41, 5.74) is 10.1. The van der Waals surface area contributed by atoms with Gasteiger partial charge >= 0.3 is 23.9 Å².